The molecule has 0 spiro atoms. The molecule has 3 heterocycles. The van der Waals surface area contributed by atoms with Gasteiger partial charge in [0, 0.05) is 15.7 Å². The monoisotopic (exact) mass is 528 g/mol. The smallest absolute Gasteiger partial charge is 0.240 e. The van der Waals surface area contributed by atoms with E-state index in [-0.39, 0.29) is 23.6 Å². The van der Waals surface area contributed by atoms with Gasteiger partial charge in [0.25, 0.3) is 0 Å². The number of carbonyl (C=O) groups is 3. The minimum atomic E-state index is -0.804. The number of ketones is 1. The lowest BCUT2D eigenvalue weighted by atomic mass is 9.86. The highest BCUT2D eigenvalue weighted by atomic mass is 79.9. The van der Waals surface area contributed by atoms with E-state index < -0.39 is 17.9 Å². The van der Waals surface area contributed by atoms with Crippen molar-refractivity contribution in [1.82, 2.24) is 0 Å². The first kappa shape index (κ1) is 21.8. The van der Waals surface area contributed by atoms with Crippen LogP contribution in [0.25, 0.3) is 6.08 Å². The predicted molar refractivity (Wildman–Crippen MR) is 136 cm³/mol. The van der Waals surface area contributed by atoms with Crippen molar-refractivity contribution in [2.24, 2.45) is 11.8 Å². The lowest BCUT2D eigenvalue weighted by Gasteiger charge is -2.36. The molecule has 2 amide bonds. The summed E-state index contributed by atoms with van der Waals surface area (Å²) in [5.41, 5.74) is 2.81. The van der Waals surface area contributed by atoms with Crippen LogP contribution in [0.15, 0.2) is 83.3 Å². The van der Waals surface area contributed by atoms with Gasteiger partial charge in [-0.2, -0.15) is 0 Å². The van der Waals surface area contributed by atoms with Gasteiger partial charge in [-0.1, -0.05) is 46.3 Å². The fourth-order valence-electron chi connectivity index (χ4n) is 5.58. The number of fused-ring (bicyclic) bond motifs is 5. The van der Waals surface area contributed by atoms with E-state index in [2.05, 4.69) is 15.9 Å². The number of hydrogen-bond donors (Lipinski definition) is 0. The molecular weight excluding hydrogens is 508 g/mol. The molecule has 2 fully saturated rings. The average Bonchev–Trinajstić information content (AvgIpc) is 3.37. The fraction of sp³-hybridized carbons (Fsp3) is 0.179. The fourth-order valence-corrected chi connectivity index (χ4v) is 5.85. The van der Waals surface area contributed by atoms with Crippen LogP contribution < -0.4 is 14.5 Å². The Morgan fingerprint density at radius 3 is 2.29 bits per heavy atom. The Kier molecular flexibility index (Phi) is 5.11. The molecule has 7 heteroatoms. The van der Waals surface area contributed by atoms with Gasteiger partial charge in [0.05, 0.1) is 30.7 Å². The highest BCUT2D eigenvalue weighted by Crippen LogP contribution is 2.49. The van der Waals surface area contributed by atoms with Crippen molar-refractivity contribution in [3.05, 3.63) is 94.5 Å². The van der Waals surface area contributed by atoms with Gasteiger partial charge in [-0.15, -0.1) is 0 Å². The number of amides is 2. The maximum absolute atomic E-state index is 14.0. The van der Waals surface area contributed by atoms with Crippen LogP contribution in [-0.2, 0) is 9.59 Å². The molecule has 2 saturated heterocycles. The first-order valence-corrected chi connectivity index (χ1v) is 12.2. The number of hydrogen-bond acceptors (Lipinski definition) is 5. The highest BCUT2D eigenvalue weighted by molar-refractivity contribution is 9.10. The number of para-hydroxylation sites is 1. The molecule has 6 nitrogen and oxygen atoms in total. The molecule has 0 aliphatic carbocycles. The van der Waals surface area contributed by atoms with E-state index in [0.29, 0.717) is 17.0 Å². The molecule has 0 aromatic heterocycles. The molecule has 3 aliphatic heterocycles. The Morgan fingerprint density at radius 2 is 1.57 bits per heavy atom. The van der Waals surface area contributed by atoms with Gasteiger partial charge >= 0.3 is 0 Å². The average molecular weight is 529 g/mol. The number of benzene rings is 3. The molecule has 4 unspecified atom stereocenters. The molecular formula is C28H21BrN2O4. The first-order valence-electron chi connectivity index (χ1n) is 11.4. The molecule has 6 rings (SSSR count). The second-order valence-electron chi connectivity index (χ2n) is 8.89. The maximum atomic E-state index is 14.0. The van der Waals surface area contributed by atoms with E-state index >= 15 is 0 Å². The zero-order chi connectivity index (χ0) is 24.3. The van der Waals surface area contributed by atoms with Crippen LogP contribution in [0.5, 0.6) is 5.75 Å². The van der Waals surface area contributed by atoms with Gasteiger partial charge in [-0.05, 0) is 60.2 Å². The van der Waals surface area contributed by atoms with E-state index in [4.69, 9.17) is 4.74 Å². The quantitative estimate of drug-likeness (QED) is 0.361. The Bertz CT molecular complexity index is 1380. The zero-order valence-electron chi connectivity index (χ0n) is 18.8. The first-order chi connectivity index (χ1) is 17.0. The molecule has 4 atom stereocenters. The Labute approximate surface area is 210 Å². The van der Waals surface area contributed by atoms with Gasteiger partial charge in [0.15, 0.2) is 5.78 Å². The standard InChI is InChI=1S/C28H21BrN2O4/c1-35-20-13-6-17(7-14-20)26(32)25-24-23(22-15-8-16-4-2-3-5-21(16)31(22)25)27(33)30(28(24)34)19-11-9-18(29)10-12-19/h2-15,22-25H,1H3. The molecule has 3 aromatic carbocycles. The number of imide groups is 1. The summed E-state index contributed by atoms with van der Waals surface area (Å²) in [5, 5.41) is 0. The van der Waals surface area contributed by atoms with Crippen LogP contribution in [-0.4, -0.2) is 36.8 Å². The Morgan fingerprint density at radius 1 is 0.886 bits per heavy atom. The number of halogens is 1. The lowest BCUT2D eigenvalue weighted by molar-refractivity contribution is -0.122. The third kappa shape index (κ3) is 3.26. The third-order valence-corrected chi connectivity index (χ3v) is 7.67. The highest BCUT2D eigenvalue weighted by Gasteiger charge is 2.64. The lowest BCUT2D eigenvalue weighted by Crippen LogP contribution is -2.48. The van der Waals surface area contributed by atoms with E-state index in [9.17, 15) is 14.4 Å². The van der Waals surface area contributed by atoms with Gasteiger partial charge in [-0.25, -0.2) is 4.90 Å². The van der Waals surface area contributed by atoms with Crippen molar-refractivity contribution in [2.45, 2.75) is 12.1 Å². The van der Waals surface area contributed by atoms with Crippen LogP contribution in [0, 0.1) is 11.8 Å². The maximum Gasteiger partial charge on any atom is 0.240 e. The molecule has 0 N–H and O–H groups in total. The summed E-state index contributed by atoms with van der Waals surface area (Å²) in [6, 6.07) is 20.5. The number of Topliss-reactive ketones (excluding diaryl/α,β-unsaturated/α-hetero) is 1. The van der Waals surface area contributed by atoms with Crippen LogP contribution in [0.3, 0.4) is 0 Å². The van der Waals surface area contributed by atoms with Crippen LogP contribution in [0.1, 0.15) is 15.9 Å². The normalized spacial score (nSPS) is 24.3. The SMILES string of the molecule is COc1ccc(C(=O)C2C3C(=O)N(c4ccc(Br)cc4)C(=O)C3C3C=Cc4ccccc4N32)cc1. The molecule has 3 aliphatic rings. The van der Waals surface area contributed by atoms with Gasteiger partial charge < -0.3 is 9.64 Å². The second kappa shape index (κ2) is 8.20. The number of methoxy groups -OCH3 is 1. The number of nitrogens with zero attached hydrogens (tertiary/aromatic N) is 2. The number of carbonyl (C=O) groups excluding carboxylic acids is 3. The minimum absolute atomic E-state index is 0.186. The van der Waals surface area contributed by atoms with Crippen molar-refractivity contribution in [3.8, 4) is 5.75 Å². The summed E-state index contributed by atoms with van der Waals surface area (Å²) in [6.07, 6.45) is 3.94. The predicted octanol–water partition coefficient (Wildman–Crippen LogP) is 4.73. The van der Waals surface area contributed by atoms with Crippen molar-refractivity contribution >= 4 is 51.0 Å². The van der Waals surface area contributed by atoms with Crippen LogP contribution in [0.4, 0.5) is 11.4 Å². The molecule has 174 valence electrons. The van der Waals surface area contributed by atoms with E-state index in [0.717, 1.165) is 15.7 Å². The minimum Gasteiger partial charge on any atom is -0.497 e. The summed E-state index contributed by atoms with van der Waals surface area (Å²) in [6.45, 7) is 0. The molecule has 3 aromatic rings. The summed E-state index contributed by atoms with van der Waals surface area (Å²) in [4.78, 5) is 44.8. The zero-order valence-corrected chi connectivity index (χ0v) is 20.4. The van der Waals surface area contributed by atoms with Crippen molar-refractivity contribution in [2.75, 3.05) is 16.9 Å². The molecule has 0 radical (unpaired) electrons. The van der Waals surface area contributed by atoms with E-state index in [1.807, 2.05) is 41.3 Å². The summed E-state index contributed by atoms with van der Waals surface area (Å²) in [7, 11) is 1.57. The summed E-state index contributed by atoms with van der Waals surface area (Å²) in [5.74, 6) is -1.59. The van der Waals surface area contributed by atoms with Gasteiger partial charge in [0.1, 0.15) is 11.8 Å². The van der Waals surface area contributed by atoms with Gasteiger partial charge in [-0.3, -0.25) is 14.4 Å². The van der Waals surface area contributed by atoms with Gasteiger partial charge in [0.2, 0.25) is 11.8 Å². The summed E-state index contributed by atoms with van der Waals surface area (Å²) >= 11 is 3.40. The largest absolute Gasteiger partial charge is 0.497 e. The van der Waals surface area contributed by atoms with Crippen molar-refractivity contribution < 1.29 is 19.1 Å². The Hall–Kier alpha value is -3.71. The number of ether oxygens (including phenoxy) is 1. The Balaban J connectivity index is 1.47. The molecule has 0 saturated carbocycles. The topological polar surface area (TPSA) is 66.9 Å². The molecule has 35 heavy (non-hydrogen) atoms. The molecule has 0 bridgehead atoms. The summed E-state index contributed by atoms with van der Waals surface area (Å²) < 4.78 is 6.09. The third-order valence-electron chi connectivity index (χ3n) is 7.14. The number of anilines is 2. The van der Waals surface area contributed by atoms with Crippen molar-refractivity contribution in [1.29, 1.82) is 0 Å². The second-order valence-corrected chi connectivity index (χ2v) is 9.81. The van der Waals surface area contributed by atoms with E-state index in [1.165, 1.54) is 4.90 Å². The van der Waals surface area contributed by atoms with Crippen LogP contribution >= 0.6 is 15.9 Å². The number of rotatable bonds is 4. The van der Waals surface area contributed by atoms with Crippen molar-refractivity contribution in [3.63, 3.8) is 0 Å². The van der Waals surface area contributed by atoms with E-state index in [1.54, 1.807) is 55.6 Å². The van der Waals surface area contributed by atoms with Crippen LogP contribution in [0.2, 0.25) is 0 Å².